The Bertz CT molecular complexity index is 792. The van der Waals surface area contributed by atoms with Gasteiger partial charge < -0.3 is 9.84 Å². The third-order valence-corrected chi connectivity index (χ3v) is 4.21. The molecule has 0 saturated heterocycles. The van der Waals surface area contributed by atoms with Crippen molar-refractivity contribution in [2.45, 2.75) is 32.5 Å². The maximum atomic E-state index is 13.2. The Morgan fingerprint density at radius 2 is 1.88 bits per heavy atom. The van der Waals surface area contributed by atoms with E-state index in [-0.39, 0.29) is 5.02 Å². The molecule has 2 rings (SSSR count). The number of rotatable bonds is 3. The molecule has 1 unspecified atom stereocenters. The lowest BCUT2D eigenvalue weighted by Crippen LogP contribution is -2.27. The highest BCUT2D eigenvalue weighted by molar-refractivity contribution is 9.10. The monoisotopic (exact) mass is 429 g/mol. The highest BCUT2D eigenvalue weighted by atomic mass is 79.9. The Kier molecular flexibility index (Phi) is 6.08. The van der Waals surface area contributed by atoms with Gasteiger partial charge in [-0.3, -0.25) is 5.32 Å². The summed E-state index contributed by atoms with van der Waals surface area (Å²) in [6, 6.07) is 8.72. The Morgan fingerprint density at radius 3 is 2.44 bits per heavy atom. The van der Waals surface area contributed by atoms with Crippen LogP contribution in [-0.2, 0) is 4.74 Å². The third kappa shape index (κ3) is 5.42. The summed E-state index contributed by atoms with van der Waals surface area (Å²) in [5, 5.41) is 13.3. The van der Waals surface area contributed by atoms with Crippen LogP contribution in [0.3, 0.4) is 0 Å². The number of aliphatic hydroxyl groups excluding tert-OH is 1. The van der Waals surface area contributed by atoms with Gasteiger partial charge in [-0.05, 0) is 50.6 Å². The number of hydrogen-bond donors (Lipinski definition) is 2. The van der Waals surface area contributed by atoms with Crippen LogP contribution in [0.5, 0.6) is 0 Å². The van der Waals surface area contributed by atoms with Crippen LogP contribution in [0, 0.1) is 5.82 Å². The topological polar surface area (TPSA) is 58.6 Å². The molecule has 25 heavy (non-hydrogen) atoms. The van der Waals surface area contributed by atoms with Gasteiger partial charge in [0.15, 0.2) is 0 Å². The van der Waals surface area contributed by atoms with Crippen LogP contribution >= 0.6 is 27.5 Å². The van der Waals surface area contributed by atoms with E-state index in [2.05, 4.69) is 21.2 Å². The third-order valence-electron chi connectivity index (χ3n) is 3.20. The van der Waals surface area contributed by atoms with Crippen molar-refractivity contribution in [1.82, 2.24) is 0 Å². The smallest absolute Gasteiger partial charge is 0.412 e. The number of anilines is 1. The molecule has 1 amide bonds. The van der Waals surface area contributed by atoms with Crippen LogP contribution in [0.25, 0.3) is 0 Å². The molecule has 2 aromatic rings. The highest BCUT2D eigenvalue weighted by Crippen LogP contribution is 2.34. The molecule has 134 valence electrons. The zero-order valence-electron chi connectivity index (χ0n) is 13.9. The van der Waals surface area contributed by atoms with E-state index in [9.17, 15) is 14.3 Å². The van der Waals surface area contributed by atoms with E-state index in [4.69, 9.17) is 16.3 Å². The quantitative estimate of drug-likeness (QED) is 0.659. The molecule has 1 atom stereocenters. The lowest BCUT2D eigenvalue weighted by molar-refractivity contribution is 0.0636. The molecule has 7 heteroatoms. The Labute approximate surface area is 159 Å². The molecule has 4 nitrogen and oxygen atoms in total. The molecule has 0 fully saturated rings. The van der Waals surface area contributed by atoms with Crippen LogP contribution in [0.2, 0.25) is 5.02 Å². The van der Waals surface area contributed by atoms with E-state index >= 15 is 0 Å². The molecule has 2 aromatic carbocycles. The van der Waals surface area contributed by atoms with E-state index in [1.807, 2.05) is 0 Å². The van der Waals surface area contributed by atoms with Gasteiger partial charge >= 0.3 is 6.09 Å². The lowest BCUT2D eigenvalue weighted by Gasteiger charge is -2.20. The van der Waals surface area contributed by atoms with Gasteiger partial charge in [-0.2, -0.15) is 0 Å². The number of halogens is 3. The minimum atomic E-state index is -1.04. The number of aliphatic hydroxyl groups is 1. The van der Waals surface area contributed by atoms with E-state index in [1.54, 1.807) is 39.0 Å². The highest BCUT2D eigenvalue weighted by Gasteiger charge is 2.19. The van der Waals surface area contributed by atoms with Crippen molar-refractivity contribution in [2.24, 2.45) is 0 Å². The average Bonchev–Trinajstić information content (AvgIpc) is 2.44. The van der Waals surface area contributed by atoms with Crippen molar-refractivity contribution in [1.29, 1.82) is 0 Å². The summed E-state index contributed by atoms with van der Waals surface area (Å²) in [6.07, 6.45) is -1.62. The SMILES string of the molecule is CC(C)(C)OC(=O)Nc1ccc(C(O)c2ccc(F)cc2Cl)c(Br)c1. The maximum absolute atomic E-state index is 13.2. The molecule has 0 heterocycles. The first-order chi connectivity index (χ1) is 11.6. The predicted molar refractivity (Wildman–Crippen MR) is 99.5 cm³/mol. The van der Waals surface area contributed by atoms with Gasteiger partial charge in [-0.1, -0.05) is 39.7 Å². The van der Waals surface area contributed by atoms with Crippen LogP contribution < -0.4 is 5.32 Å². The van der Waals surface area contributed by atoms with Gasteiger partial charge in [0.05, 0.1) is 0 Å². The average molecular weight is 431 g/mol. The van der Waals surface area contributed by atoms with E-state index in [0.717, 1.165) is 6.07 Å². The van der Waals surface area contributed by atoms with Crippen molar-refractivity contribution in [2.75, 3.05) is 5.32 Å². The number of benzene rings is 2. The number of amides is 1. The van der Waals surface area contributed by atoms with Crippen molar-refractivity contribution in [3.8, 4) is 0 Å². The first-order valence-electron chi connectivity index (χ1n) is 7.49. The van der Waals surface area contributed by atoms with Gasteiger partial charge in [-0.15, -0.1) is 0 Å². The first-order valence-corrected chi connectivity index (χ1v) is 8.66. The first kappa shape index (κ1) is 19.7. The second-order valence-electron chi connectivity index (χ2n) is 6.43. The molecule has 2 N–H and O–H groups in total. The summed E-state index contributed by atoms with van der Waals surface area (Å²) < 4.78 is 18.9. The van der Waals surface area contributed by atoms with E-state index < -0.39 is 23.6 Å². The summed E-state index contributed by atoms with van der Waals surface area (Å²) in [7, 11) is 0. The maximum Gasteiger partial charge on any atom is 0.412 e. The zero-order chi connectivity index (χ0) is 18.8. The fourth-order valence-corrected chi connectivity index (χ4v) is 3.01. The molecule has 0 aromatic heterocycles. The zero-order valence-corrected chi connectivity index (χ0v) is 16.3. The molecule has 0 aliphatic rings. The predicted octanol–water partition coefficient (Wildman–Crippen LogP) is 5.67. The van der Waals surface area contributed by atoms with Gasteiger partial charge in [0.2, 0.25) is 0 Å². The number of carbonyl (C=O) groups excluding carboxylic acids is 1. The minimum absolute atomic E-state index is 0.135. The second kappa shape index (κ2) is 7.72. The van der Waals surface area contributed by atoms with Gasteiger partial charge in [0.1, 0.15) is 17.5 Å². The van der Waals surface area contributed by atoms with Gasteiger partial charge in [0, 0.05) is 20.7 Å². The molecule has 0 saturated carbocycles. The molecule has 0 radical (unpaired) electrons. The van der Waals surface area contributed by atoms with Crippen molar-refractivity contribution in [3.05, 3.63) is 62.8 Å². The normalized spacial score (nSPS) is 12.6. The summed E-state index contributed by atoms with van der Waals surface area (Å²) >= 11 is 9.37. The summed E-state index contributed by atoms with van der Waals surface area (Å²) in [5.74, 6) is -0.475. The lowest BCUT2D eigenvalue weighted by atomic mass is 10.0. The molecule has 0 bridgehead atoms. The minimum Gasteiger partial charge on any atom is -0.444 e. The fraction of sp³-hybridized carbons (Fsp3) is 0.278. The molecule has 0 aliphatic carbocycles. The molecule has 0 aliphatic heterocycles. The van der Waals surface area contributed by atoms with Crippen molar-refractivity contribution >= 4 is 39.3 Å². The molecule has 0 spiro atoms. The van der Waals surface area contributed by atoms with Crippen LogP contribution in [-0.4, -0.2) is 16.8 Å². The Balaban J connectivity index is 2.20. The fourth-order valence-electron chi connectivity index (χ4n) is 2.14. The number of ether oxygens (including phenoxy) is 1. The largest absolute Gasteiger partial charge is 0.444 e. The standard InChI is InChI=1S/C18H18BrClFNO3/c1-18(2,3)25-17(24)22-11-5-7-12(14(19)9-11)16(23)13-6-4-10(21)8-15(13)20/h4-9,16,23H,1-3H3,(H,22,24). The van der Waals surface area contributed by atoms with Crippen LogP contribution in [0.15, 0.2) is 40.9 Å². The number of carbonyl (C=O) groups is 1. The van der Waals surface area contributed by atoms with Crippen LogP contribution in [0.1, 0.15) is 38.0 Å². The molecular formula is C18H18BrClFNO3. The van der Waals surface area contributed by atoms with E-state index in [0.29, 0.717) is 21.3 Å². The molecular weight excluding hydrogens is 413 g/mol. The van der Waals surface area contributed by atoms with E-state index in [1.165, 1.54) is 12.1 Å². The van der Waals surface area contributed by atoms with Crippen molar-refractivity contribution in [3.63, 3.8) is 0 Å². The summed E-state index contributed by atoms with van der Waals surface area (Å²) in [5.41, 5.74) is 0.818. The van der Waals surface area contributed by atoms with Crippen molar-refractivity contribution < 1.29 is 19.0 Å². The van der Waals surface area contributed by atoms with Gasteiger partial charge in [-0.25, -0.2) is 9.18 Å². The Morgan fingerprint density at radius 1 is 1.24 bits per heavy atom. The van der Waals surface area contributed by atoms with Gasteiger partial charge in [0.25, 0.3) is 0 Å². The summed E-state index contributed by atoms with van der Waals surface area (Å²) in [6.45, 7) is 5.32. The Hall–Kier alpha value is -1.63. The van der Waals surface area contributed by atoms with Crippen LogP contribution in [0.4, 0.5) is 14.9 Å². The second-order valence-corrected chi connectivity index (χ2v) is 7.69. The summed E-state index contributed by atoms with van der Waals surface area (Å²) in [4.78, 5) is 11.8. The number of hydrogen-bond acceptors (Lipinski definition) is 3. The number of nitrogens with one attached hydrogen (secondary N) is 1.